The van der Waals surface area contributed by atoms with Gasteiger partial charge in [-0.25, -0.2) is 4.79 Å². The molecule has 9 nitrogen and oxygen atoms in total. The third-order valence-electron chi connectivity index (χ3n) is 5.17. The van der Waals surface area contributed by atoms with Gasteiger partial charge in [-0.05, 0) is 26.8 Å². The lowest BCUT2D eigenvalue weighted by Crippen LogP contribution is -2.42. The number of amides is 1. The molecule has 3 aromatic rings. The van der Waals surface area contributed by atoms with E-state index in [9.17, 15) is 19.2 Å². The fourth-order valence-electron chi connectivity index (χ4n) is 3.67. The summed E-state index contributed by atoms with van der Waals surface area (Å²) in [6, 6.07) is 8.45. The molecule has 2 heterocycles. The highest BCUT2D eigenvalue weighted by Crippen LogP contribution is 2.18. The van der Waals surface area contributed by atoms with Gasteiger partial charge in [-0.2, -0.15) is 0 Å². The summed E-state index contributed by atoms with van der Waals surface area (Å²) in [5, 5.41) is 2.81. The number of nitrogens with zero attached hydrogens (tertiary/aromatic N) is 3. The summed E-state index contributed by atoms with van der Waals surface area (Å²) in [6.07, 6.45) is 0. The number of ether oxygens (including phenoxy) is 1. The molecular formula is C22H26N4O5. The van der Waals surface area contributed by atoms with Crippen molar-refractivity contribution in [1.82, 2.24) is 19.0 Å². The number of aromatic nitrogens is 3. The maximum Gasteiger partial charge on any atom is 0.332 e. The first-order valence-electron chi connectivity index (χ1n) is 10.2. The van der Waals surface area contributed by atoms with Crippen molar-refractivity contribution in [2.24, 2.45) is 7.05 Å². The average molecular weight is 426 g/mol. The van der Waals surface area contributed by atoms with Crippen LogP contribution < -0.4 is 26.9 Å². The lowest BCUT2D eigenvalue weighted by molar-refractivity contribution is 0.0952. The van der Waals surface area contributed by atoms with Crippen LogP contribution in [0.15, 0.2) is 44.7 Å². The second-order valence-corrected chi connectivity index (χ2v) is 6.95. The predicted molar refractivity (Wildman–Crippen MR) is 118 cm³/mol. The van der Waals surface area contributed by atoms with Crippen LogP contribution in [0.2, 0.25) is 0 Å². The summed E-state index contributed by atoms with van der Waals surface area (Å²) in [7, 11) is 1.49. The number of carbonyl (C=O) groups is 1. The molecule has 0 aliphatic heterocycles. The van der Waals surface area contributed by atoms with Crippen LogP contribution >= 0.6 is 0 Å². The van der Waals surface area contributed by atoms with Crippen LogP contribution in [0, 0.1) is 0 Å². The van der Waals surface area contributed by atoms with Crippen LogP contribution in [0.5, 0.6) is 5.75 Å². The van der Waals surface area contributed by atoms with Crippen LogP contribution in [-0.4, -0.2) is 26.2 Å². The topological polar surface area (TPSA) is 104 Å². The zero-order valence-electron chi connectivity index (χ0n) is 18.1. The first-order valence-corrected chi connectivity index (χ1v) is 10.2. The molecule has 0 spiro atoms. The molecule has 1 amide bonds. The minimum Gasteiger partial charge on any atom is -0.494 e. The van der Waals surface area contributed by atoms with Crippen molar-refractivity contribution in [3.63, 3.8) is 0 Å². The summed E-state index contributed by atoms with van der Waals surface area (Å²) < 4.78 is 9.19. The normalized spacial score (nSPS) is 11.0. The maximum atomic E-state index is 13.1. The molecule has 0 aliphatic rings. The van der Waals surface area contributed by atoms with Gasteiger partial charge < -0.3 is 10.1 Å². The van der Waals surface area contributed by atoms with Crippen LogP contribution in [0.4, 0.5) is 0 Å². The number of carbonyl (C=O) groups excluding carboxylic acids is 1. The molecule has 31 heavy (non-hydrogen) atoms. The molecular weight excluding hydrogens is 400 g/mol. The number of hydrogen-bond acceptors (Lipinski definition) is 5. The van der Waals surface area contributed by atoms with Crippen molar-refractivity contribution in [2.45, 2.75) is 40.4 Å². The standard InChI is InChI=1S/C22H26N4O5/c1-5-25-17(27)12-15(18-20(25)24(4)22(30)26(6-2)21(18)29)19(28)23-13-14-10-8-9-11-16(14)31-7-3/h8-12H,5-7,13H2,1-4H3,(H,23,28). The first-order chi connectivity index (χ1) is 14.8. The average Bonchev–Trinajstić information content (AvgIpc) is 2.76. The van der Waals surface area contributed by atoms with Gasteiger partial charge in [0, 0.05) is 38.3 Å². The van der Waals surface area contributed by atoms with Gasteiger partial charge in [0.15, 0.2) is 0 Å². The van der Waals surface area contributed by atoms with Crippen LogP contribution in [0.3, 0.4) is 0 Å². The molecule has 0 saturated carbocycles. The lowest BCUT2D eigenvalue weighted by atomic mass is 10.1. The van der Waals surface area contributed by atoms with Gasteiger partial charge in [0.1, 0.15) is 11.4 Å². The zero-order chi connectivity index (χ0) is 22.7. The van der Waals surface area contributed by atoms with E-state index in [4.69, 9.17) is 4.74 Å². The van der Waals surface area contributed by atoms with E-state index >= 15 is 0 Å². The van der Waals surface area contributed by atoms with Crippen LogP contribution in [0.1, 0.15) is 36.7 Å². The molecule has 0 fully saturated rings. The van der Waals surface area contributed by atoms with Gasteiger partial charge >= 0.3 is 5.69 Å². The lowest BCUT2D eigenvalue weighted by Gasteiger charge is -2.16. The third-order valence-corrected chi connectivity index (χ3v) is 5.17. The van der Waals surface area contributed by atoms with Gasteiger partial charge in [-0.1, -0.05) is 18.2 Å². The SMILES string of the molecule is CCOc1ccccc1CNC(=O)c1cc(=O)n(CC)c2c1c(=O)n(CC)c(=O)n2C. The monoisotopic (exact) mass is 426 g/mol. The molecule has 1 aromatic carbocycles. The number of benzene rings is 1. The Morgan fingerprint density at radius 3 is 2.35 bits per heavy atom. The Hall–Kier alpha value is -3.62. The molecule has 2 aromatic heterocycles. The van der Waals surface area contributed by atoms with E-state index in [0.717, 1.165) is 16.2 Å². The predicted octanol–water partition coefficient (Wildman–Crippen LogP) is 1.23. The highest BCUT2D eigenvalue weighted by atomic mass is 16.5. The minimum absolute atomic E-state index is 0.0426. The highest BCUT2D eigenvalue weighted by molar-refractivity contribution is 6.05. The fourth-order valence-corrected chi connectivity index (χ4v) is 3.67. The molecule has 0 aliphatic carbocycles. The van der Waals surface area contributed by atoms with Crippen molar-refractivity contribution in [3.05, 3.63) is 72.7 Å². The number of hydrogen-bond donors (Lipinski definition) is 1. The summed E-state index contributed by atoms with van der Waals surface area (Å²) in [5.41, 5.74) is -0.746. The first kappa shape index (κ1) is 22.1. The Bertz CT molecular complexity index is 1320. The summed E-state index contributed by atoms with van der Waals surface area (Å²) >= 11 is 0. The molecule has 0 bridgehead atoms. The summed E-state index contributed by atoms with van der Waals surface area (Å²) in [6.45, 7) is 6.32. The molecule has 0 saturated heterocycles. The second kappa shape index (κ2) is 9.03. The van der Waals surface area contributed by atoms with Crippen LogP contribution in [0.25, 0.3) is 11.0 Å². The Morgan fingerprint density at radius 2 is 1.71 bits per heavy atom. The van der Waals surface area contributed by atoms with E-state index < -0.39 is 22.7 Å². The van der Waals surface area contributed by atoms with E-state index in [1.165, 1.54) is 16.2 Å². The number of fused-ring (bicyclic) bond motifs is 1. The molecule has 0 unspecified atom stereocenters. The van der Waals surface area contributed by atoms with Crippen molar-refractivity contribution in [1.29, 1.82) is 0 Å². The van der Waals surface area contributed by atoms with Crippen molar-refractivity contribution >= 4 is 16.9 Å². The second-order valence-electron chi connectivity index (χ2n) is 6.95. The Balaban J connectivity index is 2.15. The van der Waals surface area contributed by atoms with E-state index in [1.807, 2.05) is 25.1 Å². The van der Waals surface area contributed by atoms with E-state index in [2.05, 4.69) is 5.32 Å². The number of rotatable bonds is 7. The smallest absolute Gasteiger partial charge is 0.332 e. The van der Waals surface area contributed by atoms with Gasteiger partial charge in [-0.15, -0.1) is 0 Å². The molecule has 0 radical (unpaired) electrons. The number of aryl methyl sites for hydroxylation is 2. The molecule has 164 valence electrons. The van der Waals surface area contributed by atoms with Crippen LogP contribution in [-0.2, 0) is 26.7 Å². The van der Waals surface area contributed by atoms with Crippen molar-refractivity contribution in [3.8, 4) is 5.75 Å². The zero-order valence-corrected chi connectivity index (χ0v) is 18.1. The number of para-hydroxylation sites is 1. The Morgan fingerprint density at radius 1 is 1.03 bits per heavy atom. The maximum absolute atomic E-state index is 13.1. The van der Waals surface area contributed by atoms with Crippen molar-refractivity contribution in [2.75, 3.05) is 6.61 Å². The fraction of sp³-hybridized carbons (Fsp3) is 0.364. The number of nitrogens with one attached hydrogen (secondary N) is 1. The number of pyridine rings is 1. The van der Waals surface area contributed by atoms with Gasteiger partial charge in [0.25, 0.3) is 17.0 Å². The molecule has 0 atom stereocenters. The molecule has 9 heteroatoms. The Labute approximate surface area is 178 Å². The van der Waals surface area contributed by atoms with E-state index in [0.29, 0.717) is 12.4 Å². The van der Waals surface area contributed by atoms with Gasteiger partial charge in [0.2, 0.25) is 0 Å². The minimum atomic E-state index is -0.595. The van der Waals surface area contributed by atoms with Crippen molar-refractivity contribution < 1.29 is 9.53 Å². The van der Waals surface area contributed by atoms with E-state index in [-0.39, 0.29) is 36.2 Å². The largest absolute Gasteiger partial charge is 0.494 e. The summed E-state index contributed by atoms with van der Waals surface area (Å²) in [5.74, 6) is 0.0716. The van der Waals surface area contributed by atoms with Gasteiger partial charge in [-0.3, -0.25) is 28.1 Å². The third kappa shape index (κ3) is 3.90. The quantitative estimate of drug-likeness (QED) is 0.612. The Kier molecular flexibility index (Phi) is 6.43. The highest BCUT2D eigenvalue weighted by Gasteiger charge is 2.22. The summed E-state index contributed by atoms with van der Waals surface area (Å²) in [4.78, 5) is 51.4. The van der Waals surface area contributed by atoms with E-state index in [1.54, 1.807) is 19.9 Å². The van der Waals surface area contributed by atoms with Gasteiger partial charge in [0.05, 0.1) is 17.6 Å². The molecule has 1 N–H and O–H groups in total. The molecule has 3 rings (SSSR count).